The zero-order valence-electron chi connectivity index (χ0n) is 10.5. The zero-order valence-corrected chi connectivity index (χ0v) is 10.5. The Kier molecular flexibility index (Phi) is 3.90. The van der Waals surface area contributed by atoms with E-state index < -0.39 is 17.5 Å². The lowest BCUT2D eigenvalue weighted by Gasteiger charge is -2.10. The molecule has 0 bridgehead atoms. The number of nitrogens with two attached hydrogens (primary N) is 1. The lowest BCUT2D eigenvalue weighted by atomic mass is 9.99. The van der Waals surface area contributed by atoms with Gasteiger partial charge in [-0.2, -0.15) is 0 Å². The van der Waals surface area contributed by atoms with Crippen LogP contribution in [0.1, 0.15) is 24.9 Å². The van der Waals surface area contributed by atoms with Crippen LogP contribution in [-0.4, -0.2) is 0 Å². The Morgan fingerprint density at radius 3 is 2.11 bits per heavy atom. The van der Waals surface area contributed by atoms with E-state index in [2.05, 4.69) is 0 Å². The summed E-state index contributed by atoms with van der Waals surface area (Å²) >= 11 is 0. The highest BCUT2D eigenvalue weighted by molar-refractivity contribution is 5.64. The van der Waals surface area contributed by atoms with Crippen LogP contribution in [0.2, 0.25) is 0 Å². The van der Waals surface area contributed by atoms with E-state index in [4.69, 9.17) is 5.73 Å². The minimum Gasteiger partial charge on any atom is -0.324 e. The summed E-state index contributed by atoms with van der Waals surface area (Å²) in [6.45, 7) is 1.97. The maximum Gasteiger partial charge on any atom is 0.161 e. The van der Waals surface area contributed by atoms with Crippen LogP contribution in [0.15, 0.2) is 36.4 Å². The van der Waals surface area contributed by atoms with Gasteiger partial charge >= 0.3 is 0 Å². The molecule has 0 aromatic heterocycles. The summed E-state index contributed by atoms with van der Waals surface area (Å²) in [4.78, 5) is 0. The third-order valence-corrected chi connectivity index (χ3v) is 3.10. The van der Waals surface area contributed by atoms with E-state index in [1.807, 2.05) is 6.92 Å². The molecule has 0 spiro atoms. The van der Waals surface area contributed by atoms with Gasteiger partial charge in [0.05, 0.1) is 0 Å². The highest BCUT2D eigenvalue weighted by Crippen LogP contribution is 2.26. The van der Waals surface area contributed by atoms with Crippen LogP contribution >= 0.6 is 0 Å². The smallest absolute Gasteiger partial charge is 0.161 e. The minimum absolute atomic E-state index is 0.0375. The number of hydrogen-bond donors (Lipinski definition) is 1. The molecule has 0 radical (unpaired) electrons. The summed E-state index contributed by atoms with van der Waals surface area (Å²) in [6, 6.07) is 8.18. The fourth-order valence-electron chi connectivity index (χ4n) is 1.89. The van der Waals surface area contributed by atoms with Gasteiger partial charge in [0.15, 0.2) is 11.6 Å². The molecule has 0 saturated heterocycles. The van der Waals surface area contributed by atoms with Crippen molar-refractivity contribution in [1.29, 1.82) is 0 Å². The number of halogens is 3. The van der Waals surface area contributed by atoms with E-state index in [1.54, 1.807) is 24.3 Å². The molecule has 100 valence electrons. The molecule has 2 rings (SSSR count). The Hall–Kier alpha value is -1.81. The van der Waals surface area contributed by atoms with Crippen LogP contribution in [0.25, 0.3) is 11.1 Å². The van der Waals surface area contributed by atoms with Gasteiger partial charge in [-0.1, -0.05) is 31.2 Å². The molecule has 2 aromatic rings. The lowest BCUT2D eigenvalue weighted by Crippen LogP contribution is -2.08. The van der Waals surface area contributed by atoms with E-state index in [1.165, 1.54) is 0 Å². The molecule has 1 atom stereocenters. The van der Waals surface area contributed by atoms with E-state index in [0.717, 1.165) is 18.1 Å². The highest BCUT2D eigenvalue weighted by atomic mass is 19.2. The zero-order chi connectivity index (χ0) is 14.0. The Morgan fingerprint density at radius 1 is 0.947 bits per heavy atom. The van der Waals surface area contributed by atoms with Crippen LogP contribution in [0.5, 0.6) is 0 Å². The Morgan fingerprint density at radius 2 is 1.53 bits per heavy atom. The van der Waals surface area contributed by atoms with Crippen molar-refractivity contribution < 1.29 is 13.2 Å². The molecule has 2 N–H and O–H groups in total. The molecule has 19 heavy (non-hydrogen) atoms. The molecule has 0 aliphatic heterocycles. The van der Waals surface area contributed by atoms with Crippen LogP contribution in [0.3, 0.4) is 0 Å². The first-order chi connectivity index (χ1) is 9.02. The lowest BCUT2D eigenvalue weighted by molar-refractivity contribution is 0.496. The predicted molar refractivity (Wildman–Crippen MR) is 69.0 cm³/mol. The van der Waals surface area contributed by atoms with E-state index in [0.29, 0.717) is 11.6 Å². The first-order valence-electron chi connectivity index (χ1n) is 6.03. The van der Waals surface area contributed by atoms with Crippen LogP contribution < -0.4 is 5.73 Å². The molecule has 0 amide bonds. The first-order valence-corrected chi connectivity index (χ1v) is 6.03. The van der Waals surface area contributed by atoms with Crippen LogP contribution in [0.4, 0.5) is 13.2 Å². The monoisotopic (exact) mass is 265 g/mol. The molecule has 2 aromatic carbocycles. The van der Waals surface area contributed by atoms with Crippen molar-refractivity contribution >= 4 is 0 Å². The van der Waals surface area contributed by atoms with E-state index in [-0.39, 0.29) is 11.6 Å². The van der Waals surface area contributed by atoms with Gasteiger partial charge in [0, 0.05) is 17.7 Å². The normalized spacial score (nSPS) is 12.5. The predicted octanol–water partition coefficient (Wildman–Crippen LogP) is 4.18. The summed E-state index contributed by atoms with van der Waals surface area (Å²) in [5.74, 6) is -3.04. The second-order valence-electron chi connectivity index (χ2n) is 4.38. The van der Waals surface area contributed by atoms with Gasteiger partial charge in [-0.25, -0.2) is 13.2 Å². The Balaban J connectivity index is 2.40. The average molecular weight is 265 g/mol. The summed E-state index contributed by atoms with van der Waals surface area (Å²) in [6.07, 6.45) is 0.791. The molecular weight excluding hydrogens is 251 g/mol. The molecule has 1 unspecified atom stereocenters. The standard InChI is InChI=1S/C15H14F3N/c1-2-15(19)10-5-3-9(4-6-10)11-7-13(17)14(18)8-12(11)16/h3-8,15H,2,19H2,1H3. The Bertz CT molecular complexity index is 579. The molecule has 0 aliphatic rings. The molecule has 1 nitrogen and oxygen atoms in total. The first kappa shape index (κ1) is 13.6. The van der Waals surface area contributed by atoms with Gasteiger partial charge in [0.2, 0.25) is 0 Å². The number of benzene rings is 2. The quantitative estimate of drug-likeness (QED) is 0.828. The van der Waals surface area contributed by atoms with Crippen molar-refractivity contribution in [2.75, 3.05) is 0 Å². The van der Waals surface area contributed by atoms with Crippen LogP contribution in [0, 0.1) is 17.5 Å². The van der Waals surface area contributed by atoms with E-state index >= 15 is 0 Å². The molecule has 0 fully saturated rings. The largest absolute Gasteiger partial charge is 0.324 e. The molecular formula is C15H14F3N. The summed E-state index contributed by atoms with van der Waals surface area (Å²) in [7, 11) is 0. The maximum absolute atomic E-state index is 13.6. The Labute approximate surface area is 109 Å². The van der Waals surface area contributed by atoms with Gasteiger partial charge < -0.3 is 5.73 Å². The fourth-order valence-corrected chi connectivity index (χ4v) is 1.89. The average Bonchev–Trinajstić information content (AvgIpc) is 2.42. The third kappa shape index (κ3) is 2.79. The third-order valence-electron chi connectivity index (χ3n) is 3.10. The maximum atomic E-state index is 13.6. The fraction of sp³-hybridized carbons (Fsp3) is 0.200. The molecule has 0 saturated carbocycles. The van der Waals surface area contributed by atoms with E-state index in [9.17, 15) is 13.2 Å². The minimum atomic E-state index is -1.19. The SMILES string of the molecule is CCC(N)c1ccc(-c2cc(F)c(F)cc2F)cc1. The van der Waals surface area contributed by atoms with Crippen molar-refractivity contribution in [2.45, 2.75) is 19.4 Å². The van der Waals surface area contributed by atoms with Crippen molar-refractivity contribution in [3.63, 3.8) is 0 Å². The van der Waals surface area contributed by atoms with Gasteiger partial charge in [0.1, 0.15) is 5.82 Å². The topological polar surface area (TPSA) is 26.0 Å². The van der Waals surface area contributed by atoms with Gasteiger partial charge in [0.25, 0.3) is 0 Å². The number of rotatable bonds is 3. The van der Waals surface area contributed by atoms with Crippen molar-refractivity contribution in [3.05, 3.63) is 59.4 Å². The second-order valence-corrected chi connectivity index (χ2v) is 4.38. The molecule has 4 heteroatoms. The number of hydrogen-bond acceptors (Lipinski definition) is 1. The van der Waals surface area contributed by atoms with Gasteiger partial charge in [-0.05, 0) is 23.6 Å². The summed E-state index contributed by atoms with van der Waals surface area (Å²) < 4.78 is 39.6. The second kappa shape index (κ2) is 5.45. The van der Waals surface area contributed by atoms with Gasteiger partial charge in [-0.15, -0.1) is 0 Å². The molecule has 0 aliphatic carbocycles. The summed E-state index contributed by atoms with van der Waals surface area (Å²) in [5, 5.41) is 0. The van der Waals surface area contributed by atoms with Crippen molar-refractivity contribution in [1.82, 2.24) is 0 Å². The summed E-state index contributed by atoms with van der Waals surface area (Å²) in [5.41, 5.74) is 7.33. The van der Waals surface area contributed by atoms with Crippen molar-refractivity contribution in [2.24, 2.45) is 5.73 Å². The highest BCUT2D eigenvalue weighted by Gasteiger charge is 2.12. The molecule has 0 heterocycles. The van der Waals surface area contributed by atoms with Crippen LogP contribution in [-0.2, 0) is 0 Å². The van der Waals surface area contributed by atoms with Crippen molar-refractivity contribution in [3.8, 4) is 11.1 Å². The van der Waals surface area contributed by atoms with Gasteiger partial charge in [-0.3, -0.25) is 0 Å².